The molecule has 2 N–H and O–H groups in total. The third-order valence-corrected chi connectivity index (χ3v) is 8.97. The molecule has 0 bridgehead atoms. The van der Waals surface area contributed by atoms with Crippen molar-refractivity contribution in [2.75, 3.05) is 40.1 Å². The first-order valence-electron chi connectivity index (χ1n) is 14.3. The standard InChI is InChI=1S/C33H35N7O2S/c1-22-26(6-5-7-27(22)38-32(41)23-8-13-29(35-20-23)33(2,3)4)28-21-40-15-14-34-31(40)30(37-28)36-24-9-11-25(12-10-24)39-16-18-43(42)19-17-39/h5-15,20-21H,16-19H2,1-4H3,(H,36,37)(H,38,41). The number of carbonyl (C=O) groups excluding carboxylic acids is 1. The Balaban J connectivity index is 1.25. The van der Waals surface area contributed by atoms with Crippen LogP contribution in [0.2, 0.25) is 0 Å². The number of hydrogen-bond acceptors (Lipinski definition) is 7. The molecule has 0 aliphatic carbocycles. The van der Waals surface area contributed by atoms with Crippen molar-refractivity contribution in [3.8, 4) is 11.3 Å². The van der Waals surface area contributed by atoms with Gasteiger partial charge in [0.1, 0.15) is 0 Å². The molecular weight excluding hydrogens is 558 g/mol. The number of carbonyl (C=O) groups is 1. The highest BCUT2D eigenvalue weighted by Gasteiger charge is 2.18. The summed E-state index contributed by atoms with van der Waals surface area (Å²) in [6.07, 6.45) is 7.21. The van der Waals surface area contributed by atoms with Gasteiger partial charge in [-0.05, 0) is 55.0 Å². The summed E-state index contributed by atoms with van der Waals surface area (Å²) in [4.78, 5) is 29.4. The number of rotatable bonds is 6. The van der Waals surface area contributed by atoms with Crippen LogP contribution in [0, 0.1) is 6.92 Å². The van der Waals surface area contributed by atoms with Crippen LogP contribution < -0.4 is 15.5 Å². The molecule has 3 aromatic heterocycles. The molecule has 0 atom stereocenters. The van der Waals surface area contributed by atoms with Crippen LogP contribution in [0.15, 0.2) is 79.4 Å². The smallest absolute Gasteiger partial charge is 0.257 e. The lowest BCUT2D eigenvalue weighted by Crippen LogP contribution is -2.37. The lowest BCUT2D eigenvalue weighted by Gasteiger charge is -2.28. The Kier molecular flexibility index (Phi) is 7.70. The Morgan fingerprint density at radius 2 is 1.74 bits per heavy atom. The molecule has 0 radical (unpaired) electrons. The van der Waals surface area contributed by atoms with E-state index in [-0.39, 0.29) is 11.3 Å². The first kappa shape index (κ1) is 28.5. The van der Waals surface area contributed by atoms with Crippen LogP contribution in [0.4, 0.5) is 22.9 Å². The lowest BCUT2D eigenvalue weighted by molar-refractivity contribution is 0.102. The van der Waals surface area contributed by atoms with Gasteiger partial charge in [0.25, 0.3) is 5.91 Å². The minimum atomic E-state index is -0.707. The van der Waals surface area contributed by atoms with E-state index in [4.69, 9.17) is 4.98 Å². The number of hydrogen-bond donors (Lipinski definition) is 2. The van der Waals surface area contributed by atoms with Crippen LogP contribution in [0.25, 0.3) is 16.9 Å². The number of fused-ring (bicyclic) bond motifs is 1. The maximum atomic E-state index is 13.1. The summed E-state index contributed by atoms with van der Waals surface area (Å²) >= 11 is 0. The molecule has 43 heavy (non-hydrogen) atoms. The Labute approximate surface area is 253 Å². The van der Waals surface area contributed by atoms with Crippen molar-refractivity contribution >= 4 is 45.2 Å². The highest BCUT2D eigenvalue weighted by atomic mass is 32.2. The number of imidazole rings is 1. The third kappa shape index (κ3) is 6.15. The summed E-state index contributed by atoms with van der Waals surface area (Å²) in [5.41, 5.74) is 7.32. The van der Waals surface area contributed by atoms with Gasteiger partial charge < -0.3 is 19.9 Å². The van der Waals surface area contributed by atoms with Crippen molar-refractivity contribution in [2.24, 2.45) is 0 Å². The maximum absolute atomic E-state index is 13.1. The summed E-state index contributed by atoms with van der Waals surface area (Å²) in [6.45, 7) is 9.87. The average molecular weight is 594 g/mol. The van der Waals surface area contributed by atoms with Gasteiger partial charge in [-0.2, -0.15) is 0 Å². The summed E-state index contributed by atoms with van der Waals surface area (Å²) in [6, 6.07) is 17.7. The predicted molar refractivity (Wildman–Crippen MR) is 174 cm³/mol. The fraction of sp³-hybridized carbons (Fsp3) is 0.273. The topological polar surface area (TPSA) is 105 Å². The molecule has 1 aliphatic rings. The molecular formula is C33H35N7O2S. The number of benzene rings is 2. The van der Waals surface area contributed by atoms with Crippen molar-refractivity contribution in [2.45, 2.75) is 33.1 Å². The normalized spacial score (nSPS) is 14.2. The summed E-state index contributed by atoms with van der Waals surface area (Å²) in [5.74, 6) is 1.83. The van der Waals surface area contributed by atoms with Gasteiger partial charge in [-0.1, -0.05) is 32.9 Å². The van der Waals surface area contributed by atoms with Crippen molar-refractivity contribution in [1.29, 1.82) is 0 Å². The highest BCUT2D eigenvalue weighted by molar-refractivity contribution is 7.85. The number of nitrogens with one attached hydrogen (secondary N) is 2. The SMILES string of the molecule is Cc1c(NC(=O)c2ccc(C(C)(C)C)nc2)cccc1-c1cn2ccnc2c(Nc2ccc(N3CCS(=O)CC3)cc2)n1. The van der Waals surface area contributed by atoms with Crippen molar-refractivity contribution in [1.82, 2.24) is 19.4 Å². The Morgan fingerprint density at radius 1 is 0.977 bits per heavy atom. The molecule has 0 unspecified atom stereocenters. The number of amides is 1. The van der Waals surface area contributed by atoms with Crippen molar-refractivity contribution in [3.05, 3.63) is 96.2 Å². The monoisotopic (exact) mass is 593 g/mol. The van der Waals surface area contributed by atoms with Gasteiger partial charge in [-0.15, -0.1) is 0 Å². The van der Waals surface area contributed by atoms with Crippen LogP contribution in [-0.4, -0.2) is 54.1 Å². The number of anilines is 4. The second-order valence-electron chi connectivity index (χ2n) is 11.8. The number of pyridine rings is 1. The maximum Gasteiger partial charge on any atom is 0.257 e. The van der Waals surface area contributed by atoms with Crippen LogP contribution in [-0.2, 0) is 16.2 Å². The van der Waals surface area contributed by atoms with E-state index in [0.29, 0.717) is 34.2 Å². The van der Waals surface area contributed by atoms with E-state index in [1.807, 2.05) is 66.2 Å². The van der Waals surface area contributed by atoms with Crippen LogP contribution in [0.1, 0.15) is 42.4 Å². The predicted octanol–water partition coefficient (Wildman–Crippen LogP) is 5.96. The van der Waals surface area contributed by atoms with Gasteiger partial charge >= 0.3 is 0 Å². The van der Waals surface area contributed by atoms with Gasteiger partial charge in [0.15, 0.2) is 11.5 Å². The van der Waals surface area contributed by atoms with E-state index in [0.717, 1.165) is 47.0 Å². The van der Waals surface area contributed by atoms with Crippen molar-refractivity contribution < 1.29 is 9.00 Å². The fourth-order valence-corrected chi connectivity index (χ4v) is 6.20. The summed E-state index contributed by atoms with van der Waals surface area (Å²) in [5, 5.41) is 6.50. The minimum absolute atomic E-state index is 0.0862. The molecule has 10 heteroatoms. The van der Waals surface area contributed by atoms with Crippen LogP contribution in [0.3, 0.4) is 0 Å². The Morgan fingerprint density at radius 3 is 2.44 bits per heavy atom. The summed E-state index contributed by atoms with van der Waals surface area (Å²) in [7, 11) is -0.707. The van der Waals surface area contributed by atoms with Crippen LogP contribution >= 0.6 is 0 Å². The highest BCUT2D eigenvalue weighted by Crippen LogP contribution is 2.31. The number of aromatic nitrogens is 4. The molecule has 1 amide bonds. The van der Waals surface area contributed by atoms with Gasteiger partial charge in [0.05, 0.1) is 11.3 Å². The molecule has 1 saturated heterocycles. The Bertz CT molecular complexity index is 1800. The van der Waals surface area contributed by atoms with E-state index in [1.54, 1.807) is 12.4 Å². The van der Waals surface area contributed by atoms with E-state index in [9.17, 15) is 9.00 Å². The molecule has 0 spiro atoms. The molecule has 6 rings (SSSR count). The molecule has 5 aromatic rings. The second-order valence-corrected chi connectivity index (χ2v) is 13.5. The second kappa shape index (κ2) is 11.6. The van der Waals surface area contributed by atoms with E-state index in [2.05, 4.69) is 58.4 Å². The minimum Gasteiger partial charge on any atom is -0.370 e. The third-order valence-electron chi connectivity index (χ3n) is 7.70. The molecule has 220 valence electrons. The largest absolute Gasteiger partial charge is 0.370 e. The zero-order valence-corrected chi connectivity index (χ0v) is 25.6. The zero-order chi connectivity index (χ0) is 30.1. The van der Waals surface area contributed by atoms with Crippen LogP contribution in [0.5, 0.6) is 0 Å². The molecule has 1 fully saturated rings. The van der Waals surface area contributed by atoms with Gasteiger partial charge in [0.2, 0.25) is 0 Å². The van der Waals surface area contributed by atoms with E-state index < -0.39 is 10.8 Å². The summed E-state index contributed by atoms with van der Waals surface area (Å²) < 4.78 is 13.7. The number of nitrogens with zero attached hydrogens (tertiary/aromatic N) is 5. The average Bonchev–Trinajstić information content (AvgIpc) is 3.48. The van der Waals surface area contributed by atoms with E-state index >= 15 is 0 Å². The Hall–Kier alpha value is -4.57. The van der Waals surface area contributed by atoms with E-state index in [1.165, 1.54) is 0 Å². The fourth-order valence-electron chi connectivity index (χ4n) is 5.15. The quantitative estimate of drug-likeness (QED) is 0.250. The lowest BCUT2D eigenvalue weighted by atomic mass is 9.91. The molecule has 0 saturated carbocycles. The van der Waals surface area contributed by atoms with Gasteiger partial charge in [0, 0.05) is 93.9 Å². The molecule has 1 aliphatic heterocycles. The first-order valence-corrected chi connectivity index (χ1v) is 15.8. The van der Waals surface area contributed by atoms with Crippen molar-refractivity contribution in [3.63, 3.8) is 0 Å². The zero-order valence-electron chi connectivity index (χ0n) is 24.8. The molecule has 2 aromatic carbocycles. The first-order chi connectivity index (χ1) is 20.7. The van der Waals surface area contributed by atoms with Gasteiger partial charge in [-0.25, -0.2) is 9.97 Å². The van der Waals surface area contributed by atoms with Gasteiger partial charge in [-0.3, -0.25) is 14.0 Å². The molecule has 9 nitrogen and oxygen atoms in total. The molecule has 4 heterocycles.